The number of rotatable bonds is 6. The molecule has 0 saturated carbocycles. The Kier molecular flexibility index (Phi) is 6.04. The molecule has 0 fully saturated rings. The highest BCUT2D eigenvalue weighted by molar-refractivity contribution is 6.42. The zero-order chi connectivity index (χ0) is 15.2. The summed E-state index contributed by atoms with van der Waals surface area (Å²) in [5, 5.41) is 4.79. The summed E-state index contributed by atoms with van der Waals surface area (Å²) in [5.41, 5.74) is 3.30. The number of pyridine rings is 1. The SMILES string of the molecule is CCCNC(Cc1cccc(Cl)c1Cl)c1ncccc1C. The van der Waals surface area contributed by atoms with Gasteiger partial charge in [-0.25, -0.2) is 0 Å². The van der Waals surface area contributed by atoms with Crippen molar-refractivity contribution in [1.82, 2.24) is 10.3 Å². The molecular weight excluding hydrogens is 303 g/mol. The minimum atomic E-state index is 0.141. The van der Waals surface area contributed by atoms with Crippen LogP contribution >= 0.6 is 23.2 Å². The lowest BCUT2D eigenvalue weighted by Gasteiger charge is -2.20. The van der Waals surface area contributed by atoms with Crippen molar-refractivity contribution < 1.29 is 0 Å². The van der Waals surface area contributed by atoms with E-state index in [-0.39, 0.29) is 6.04 Å². The zero-order valence-electron chi connectivity index (χ0n) is 12.4. The van der Waals surface area contributed by atoms with Crippen LogP contribution in [-0.2, 0) is 6.42 Å². The molecule has 0 aliphatic rings. The summed E-state index contributed by atoms with van der Waals surface area (Å²) < 4.78 is 0. The molecule has 1 N–H and O–H groups in total. The molecule has 2 nitrogen and oxygen atoms in total. The Hall–Kier alpha value is -1.09. The van der Waals surface area contributed by atoms with E-state index in [2.05, 4.69) is 30.2 Å². The van der Waals surface area contributed by atoms with Crippen LogP contribution in [0.2, 0.25) is 10.0 Å². The van der Waals surface area contributed by atoms with Crippen LogP contribution in [0.5, 0.6) is 0 Å². The van der Waals surface area contributed by atoms with Gasteiger partial charge in [0.2, 0.25) is 0 Å². The fourth-order valence-electron chi connectivity index (χ4n) is 2.37. The van der Waals surface area contributed by atoms with Gasteiger partial charge in [-0.1, -0.05) is 48.3 Å². The summed E-state index contributed by atoms with van der Waals surface area (Å²) in [4.78, 5) is 4.54. The molecule has 4 heteroatoms. The van der Waals surface area contributed by atoms with Gasteiger partial charge in [0.15, 0.2) is 0 Å². The number of nitrogens with zero attached hydrogens (tertiary/aromatic N) is 1. The fraction of sp³-hybridized carbons (Fsp3) is 0.353. The van der Waals surface area contributed by atoms with Crippen molar-refractivity contribution in [2.45, 2.75) is 32.7 Å². The van der Waals surface area contributed by atoms with Gasteiger partial charge < -0.3 is 5.32 Å². The number of benzene rings is 1. The van der Waals surface area contributed by atoms with E-state index in [1.165, 1.54) is 5.56 Å². The van der Waals surface area contributed by atoms with Crippen molar-refractivity contribution in [3.63, 3.8) is 0 Å². The van der Waals surface area contributed by atoms with E-state index >= 15 is 0 Å². The van der Waals surface area contributed by atoms with Crippen LogP contribution in [0.15, 0.2) is 36.5 Å². The van der Waals surface area contributed by atoms with Crippen LogP contribution in [0.1, 0.15) is 36.2 Å². The fourth-order valence-corrected chi connectivity index (χ4v) is 2.77. The Morgan fingerprint density at radius 2 is 2.00 bits per heavy atom. The van der Waals surface area contributed by atoms with Gasteiger partial charge in [0.1, 0.15) is 0 Å². The minimum Gasteiger partial charge on any atom is -0.308 e. The molecule has 1 unspecified atom stereocenters. The molecule has 0 saturated heterocycles. The van der Waals surface area contributed by atoms with E-state index in [0.29, 0.717) is 10.0 Å². The van der Waals surface area contributed by atoms with Gasteiger partial charge in [0.05, 0.1) is 21.8 Å². The van der Waals surface area contributed by atoms with E-state index in [1.54, 1.807) is 0 Å². The van der Waals surface area contributed by atoms with Crippen LogP contribution in [0, 0.1) is 6.92 Å². The van der Waals surface area contributed by atoms with E-state index in [4.69, 9.17) is 23.2 Å². The maximum Gasteiger partial charge on any atom is 0.0625 e. The Labute approximate surface area is 136 Å². The number of aromatic nitrogens is 1. The number of halogens is 2. The van der Waals surface area contributed by atoms with Crippen LogP contribution < -0.4 is 5.32 Å². The molecule has 1 aromatic heterocycles. The second-order valence-corrected chi connectivity index (χ2v) is 5.91. The molecule has 21 heavy (non-hydrogen) atoms. The maximum absolute atomic E-state index is 6.32. The monoisotopic (exact) mass is 322 g/mol. The van der Waals surface area contributed by atoms with Crippen LogP contribution in [0.3, 0.4) is 0 Å². The third-order valence-corrected chi connectivity index (χ3v) is 4.33. The number of hydrogen-bond acceptors (Lipinski definition) is 2. The molecule has 0 bridgehead atoms. The van der Waals surface area contributed by atoms with Crippen molar-refractivity contribution in [2.75, 3.05) is 6.54 Å². The quantitative estimate of drug-likeness (QED) is 0.811. The van der Waals surface area contributed by atoms with Gasteiger partial charge in [-0.2, -0.15) is 0 Å². The highest BCUT2D eigenvalue weighted by Crippen LogP contribution is 2.29. The van der Waals surface area contributed by atoms with Gasteiger partial charge >= 0.3 is 0 Å². The lowest BCUT2D eigenvalue weighted by Crippen LogP contribution is -2.25. The summed E-state index contributed by atoms with van der Waals surface area (Å²) >= 11 is 12.4. The topological polar surface area (TPSA) is 24.9 Å². The van der Waals surface area contributed by atoms with Gasteiger partial charge in [0.25, 0.3) is 0 Å². The Bertz CT molecular complexity index is 599. The first-order valence-corrected chi connectivity index (χ1v) is 7.96. The first-order valence-electron chi connectivity index (χ1n) is 7.21. The predicted octanol–water partition coefficient (Wildman–Crippen LogP) is 4.98. The molecule has 0 radical (unpaired) electrons. The second-order valence-electron chi connectivity index (χ2n) is 5.13. The van der Waals surface area contributed by atoms with E-state index in [9.17, 15) is 0 Å². The molecule has 2 rings (SSSR count). The minimum absolute atomic E-state index is 0.141. The number of hydrogen-bond donors (Lipinski definition) is 1. The third-order valence-electron chi connectivity index (χ3n) is 3.48. The molecule has 112 valence electrons. The average Bonchev–Trinajstić information content (AvgIpc) is 2.48. The van der Waals surface area contributed by atoms with Crippen molar-refractivity contribution in [3.8, 4) is 0 Å². The highest BCUT2D eigenvalue weighted by Gasteiger charge is 2.17. The molecule has 1 aromatic carbocycles. The summed E-state index contributed by atoms with van der Waals surface area (Å²) in [6, 6.07) is 9.96. The Morgan fingerprint density at radius 1 is 1.19 bits per heavy atom. The molecule has 0 spiro atoms. The standard InChI is InChI=1S/C17H20Cl2N2/c1-3-9-20-15(17-12(2)6-5-10-21-17)11-13-7-4-8-14(18)16(13)19/h4-8,10,15,20H,3,9,11H2,1-2H3. The zero-order valence-corrected chi connectivity index (χ0v) is 13.9. The smallest absolute Gasteiger partial charge is 0.0625 e. The molecule has 0 aliphatic carbocycles. The molecule has 2 aromatic rings. The largest absolute Gasteiger partial charge is 0.308 e. The predicted molar refractivity (Wildman–Crippen MR) is 90.2 cm³/mol. The van der Waals surface area contributed by atoms with Gasteiger partial charge in [-0.3, -0.25) is 4.98 Å². The second kappa shape index (κ2) is 7.79. The Balaban J connectivity index is 2.28. The first kappa shape index (κ1) is 16.3. The molecule has 1 heterocycles. The van der Waals surface area contributed by atoms with E-state index < -0.39 is 0 Å². The van der Waals surface area contributed by atoms with Gasteiger partial charge in [-0.15, -0.1) is 0 Å². The summed E-state index contributed by atoms with van der Waals surface area (Å²) in [6.45, 7) is 5.18. The normalized spacial score (nSPS) is 12.4. The van der Waals surface area contributed by atoms with Crippen molar-refractivity contribution in [3.05, 3.63) is 63.4 Å². The third kappa shape index (κ3) is 4.19. The molecule has 0 aliphatic heterocycles. The van der Waals surface area contributed by atoms with Crippen LogP contribution in [-0.4, -0.2) is 11.5 Å². The average molecular weight is 323 g/mol. The van der Waals surface area contributed by atoms with Gasteiger partial charge in [-0.05, 0) is 49.6 Å². The Morgan fingerprint density at radius 3 is 2.71 bits per heavy atom. The van der Waals surface area contributed by atoms with Gasteiger partial charge in [0, 0.05) is 6.20 Å². The van der Waals surface area contributed by atoms with Crippen molar-refractivity contribution in [2.24, 2.45) is 0 Å². The first-order chi connectivity index (χ1) is 10.1. The number of nitrogens with one attached hydrogen (secondary N) is 1. The summed E-state index contributed by atoms with van der Waals surface area (Å²) in [7, 11) is 0. The maximum atomic E-state index is 6.32. The van der Waals surface area contributed by atoms with E-state index in [0.717, 1.165) is 30.6 Å². The lowest BCUT2D eigenvalue weighted by molar-refractivity contribution is 0.515. The number of aryl methyl sites for hydroxylation is 1. The molecular formula is C17H20Cl2N2. The van der Waals surface area contributed by atoms with Crippen molar-refractivity contribution in [1.29, 1.82) is 0 Å². The summed E-state index contributed by atoms with van der Waals surface area (Å²) in [6.07, 6.45) is 3.69. The summed E-state index contributed by atoms with van der Waals surface area (Å²) in [5.74, 6) is 0. The molecule has 0 amide bonds. The van der Waals surface area contributed by atoms with Crippen molar-refractivity contribution >= 4 is 23.2 Å². The van der Waals surface area contributed by atoms with Crippen LogP contribution in [0.4, 0.5) is 0 Å². The highest BCUT2D eigenvalue weighted by atomic mass is 35.5. The molecule has 1 atom stereocenters. The van der Waals surface area contributed by atoms with Crippen LogP contribution in [0.25, 0.3) is 0 Å². The lowest BCUT2D eigenvalue weighted by atomic mass is 9.99. The van der Waals surface area contributed by atoms with E-state index in [1.807, 2.05) is 30.5 Å².